The van der Waals surface area contributed by atoms with Crippen LogP contribution >= 0.6 is 0 Å². The van der Waals surface area contributed by atoms with Gasteiger partial charge in [-0.05, 0) is 68.9 Å². The molecule has 0 aliphatic carbocycles. The molecule has 2 heterocycles. The Balaban J connectivity index is 1.49. The first-order valence-corrected chi connectivity index (χ1v) is 10.4. The number of rotatable bonds is 7. The lowest BCUT2D eigenvalue weighted by atomic mass is 9.78. The average molecular weight is 374 g/mol. The number of carbonyl (C=O) groups excluding carboxylic acids is 1. The Bertz CT molecular complexity index is 583. The van der Waals surface area contributed by atoms with Crippen molar-refractivity contribution in [3.8, 4) is 0 Å². The van der Waals surface area contributed by atoms with Gasteiger partial charge in [0.2, 0.25) is 5.91 Å². The van der Waals surface area contributed by atoms with Crippen molar-refractivity contribution in [3.63, 3.8) is 0 Å². The van der Waals surface area contributed by atoms with Gasteiger partial charge in [-0.2, -0.15) is 0 Å². The number of hydrogen-bond acceptors (Lipinski definition) is 4. The molecule has 2 aliphatic heterocycles. The Morgan fingerprint density at radius 3 is 2.44 bits per heavy atom. The van der Waals surface area contributed by atoms with E-state index in [0.717, 1.165) is 44.0 Å². The van der Waals surface area contributed by atoms with Crippen molar-refractivity contribution in [1.29, 1.82) is 0 Å². The minimum atomic E-state index is -0.384. The molecule has 0 aromatic heterocycles. The van der Waals surface area contributed by atoms with Crippen LogP contribution in [-0.2, 0) is 22.6 Å². The van der Waals surface area contributed by atoms with Crippen LogP contribution in [0.2, 0.25) is 0 Å². The second kappa shape index (κ2) is 9.67. The molecule has 0 saturated carbocycles. The summed E-state index contributed by atoms with van der Waals surface area (Å²) < 4.78 is 5.36. The van der Waals surface area contributed by atoms with Crippen molar-refractivity contribution in [3.05, 3.63) is 35.4 Å². The van der Waals surface area contributed by atoms with Gasteiger partial charge >= 0.3 is 0 Å². The van der Waals surface area contributed by atoms with Crippen LogP contribution in [0.1, 0.15) is 43.7 Å². The Morgan fingerprint density at radius 2 is 1.81 bits per heavy atom. The van der Waals surface area contributed by atoms with Crippen LogP contribution in [0.15, 0.2) is 24.3 Å². The van der Waals surface area contributed by atoms with E-state index < -0.39 is 0 Å². The zero-order chi connectivity index (χ0) is 19.1. The van der Waals surface area contributed by atoms with E-state index >= 15 is 0 Å². The number of ether oxygens (including phenoxy) is 1. The number of carbonyl (C=O) groups is 1. The van der Waals surface area contributed by atoms with Gasteiger partial charge in [0.1, 0.15) is 0 Å². The maximum absolute atomic E-state index is 12.8. The number of benzene rings is 1. The fraction of sp³-hybridized carbons (Fsp3) is 0.682. The van der Waals surface area contributed by atoms with E-state index in [9.17, 15) is 4.79 Å². The lowest BCUT2D eigenvalue weighted by Crippen LogP contribution is -2.49. The lowest BCUT2D eigenvalue weighted by molar-refractivity contribution is -0.136. The Kier molecular flexibility index (Phi) is 7.27. The van der Waals surface area contributed by atoms with Gasteiger partial charge in [-0.15, -0.1) is 0 Å². The largest absolute Gasteiger partial charge is 0.384 e. The summed E-state index contributed by atoms with van der Waals surface area (Å²) in [5, 5.41) is 6.47. The summed E-state index contributed by atoms with van der Waals surface area (Å²) in [5.41, 5.74) is 2.13. The highest BCUT2D eigenvalue weighted by molar-refractivity contribution is 5.83. The van der Waals surface area contributed by atoms with Crippen LogP contribution in [0.25, 0.3) is 0 Å². The number of piperidine rings is 2. The van der Waals surface area contributed by atoms with Gasteiger partial charge in [0.25, 0.3) is 0 Å². The fourth-order valence-corrected chi connectivity index (χ4v) is 4.23. The molecule has 2 saturated heterocycles. The average Bonchev–Trinajstić information content (AvgIpc) is 2.70. The summed E-state index contributed by atoms with van der Waals surface area (Å²) in [6.45, 7) is 8.61. The van der Waals surface area contributed by atoms with Gasteiger partial charge in [0, 0.05) is 20.2 Å². The van der Waals surface area contributed by atoms with Crippen LogP contribution < -0.4 is 10.6 Å². The van der Waals surface area contributed by atoms with Crippen molar-refractivity contribution in [2.24, 2.45) is 11.3 Å². The van der Waals surface area contributed by atoms with Crippen LogP contribution in [0.4, 0.5) is 0 Å². The van der Waals surface area contributed by atoms with Crippen molar-refractivity contribution in [2.45, 2.75) is 45.7 Å². The van der Waals surface area contributed by atoms with E-state index in [4.69, 9.17) is 4.74 Å². The van der Waals surface area contributed by atoms with Gasteiger partial charge in [-0.3, -0.25) is 9.69 Å². The van der Waals surface area contributed by atoms with Gasteiger partial charge in [-0.25, -0.2) is 0 Å². The molecule has 1 aromatic rings. The first-order chi connectivity index (χ1) is 13.1. The first kappa shape index (κ1) is 20.3. The summed E-state index contributed by atoms with van der Waals surface area (Å²) in [6.07, 6.45) is 4.28. The van der Waals surface area contributed by atoms with E-state index in [1.165, 1.54) is 31.5 Å². The van der Waals surface area contributed by atoms with E-state index in [-0.39, 0.29) is 11.3 Å². The predicted octanol–water partition coefficient (Wildman–Crippen LogP) is 2.55. The summed E-state index contributed by atoms with van der Waals surface area (Å²) >= 11 is 0. The maximum Gasteiger partial charge on any atom is 0.228 e. The fourth-order valence-electron chi connectivity index (χ4n) is 4.23. The molecular weight excluding hydrogens is 338 g/mol. The zero-order valence-electron chi connectivity index (χ0n) is 16.9. The van der Waals surface area contributed by atoms with Crippen LogP contribution in [0.5, 0.6) is 0 Å². The molecule has 2 aliphatic rings. The molecule has 5 nitrogen and oxygen atoms in total. The van der Waals surface area contributed by atoms with Crippen LogP contribution in [-0.4, -0.2) is 50.7 Å². The molecule has 2 N–H and O–H groups in total. The molecule has 1 amide bonds. The summed E-state index contributed by atoms with van der Waals surface area (Å²) in [7, 11) is 1.68. The molecule has 0 radical (unpaired) electrons. The molecular formula is C22H35N3O2. The Morgan fingerprint density at radius 1 is 1.19 bits per heavy atom. The third-order valence-corrected chi connectivity index (χ3v) is 6.22. The van der Waals surface area contributed by atoms with Crippen molar-refractivity contribution in [1.82, 2.24) is 15.5 Å². The highest BCUT2D eigenvalue weighted by atomic mass is 16.5. The zero-order valence-corrected chi connectivity index (χ0v) is 16.9. The van der Waals surface area contributed by atoms with Gasteiger partial charge in [0.15, 0.2) is 0 Å². The van der Waals surface area contributed by atoms with Crippen molar-refractivity contribution >= 4 is 5.91 Å². The number of hydrogen-bond donors (Lipinski definition) is 2. The Hall–Kier alpha value is -1.43. The summed E-state index contributed by atoms with van der Waals surface area (Å²) in [4.78, 5) is 15.4. The SMILES string of the molecule is COCC1(C(=O)NCc2ccc(CN3CCC(C)CC3)cc2)CCNCC1. The second-order valence-corrected chi connectivity index (χ2v) is 8.42. The highest BCUT2D eigenvalue weighted by Crippen LogP contribution is 2.29. The van der Waals surface area contributed by atoms with Gasteiger partial charge < -0.3 is 15.4 Å². The quantitative estimate of drug-likeness (QED) is 0.771. The number of nitrogens with zero attached hydrogens (tertiary/aromatic N) is 1. The highest BCUT2D eigenvalue weighted by Gasteiger charge is 2.39. The third-order valence-electron chi connectivity index (χ3n) is 6.22. The second-order valence-electron chi connectivity index (χ2n) is 8.42. The standard InChI is InChI=1S/C22H35N3O2/c1-18-7-13-25(14-8-18)16-20-5-3-19(4-6-20)15-24-21(26)22(17-27-2)9-11-23-12-10-22/h3-6,18,23H,7-17H2,1-2H3,(H,24,26). The van der Waals surface area contributed by atoms with Gasteiger partial charge in [-0.1, -0.05) is 31.2 Å². The van der Waals surface area contributed by atoms with E-state index in [1.54, 1.807) is 7.11 Å². The molecule has 2 fully saturated rings. The number of likely N-dealkylation sites (tertiary alicyclic amines) is 1. The first-order valence-electron chi connectivity index (χ1n) is 10.4. The maximum atomic E-state index is 12.8. The molecule has 150 valence electrons. The number of nitrogens with one attached hydrogen (secondary N) is 2. The molecule has 0 bridgehead atoms. The minimum Gasteiger partial charge on any atom is -0.384 e. The molecule has 0 spiro atoms. The monoisotopic (exact) mass is 373 g/mol. The third kappa shape index (κ3) is 5.53. The van der Waals surface area contributed by atoms with E-state index in [2.05, 4.69) is 46.7 Å². The number of methoxy groups -OCH3 is 1. The molecule has 1 aromatic carbocycles. The van der Waals surface area contributed by atoms with Gasteiger partial charge in [0.05, 0.1) is 12.0 Å². The van der Waals surface area contributed by atoms with E-state index in [1.807, 2.05) is 0 Å². The molecule has 3 rings (SSSR count). The normalized spacial score (nSPS) is 21.1. The van der Waals surface area contributed by atoms with Crippen LogP contribution in [0.3, 0.4) is 0 Å². The smallest absolute Gasteiger partial charge is 0.228 e. The molecule has 0 atom stereocenters. The lowest BCUT2D eigenvalue weighted by Gasteiger charge is -2.35. The number of amides is 1. The molecule has 27 heavy (non-hydrogen) atoms. The molecule has 5 heteroatoms. The topological polar surface area (TPSA) is 53.6 Å². The summed E-state index contributed by atoms with van der Waals surface area (Å²) in [6, 6.07) is 8.70. The minimum absolute atomic E-state index is 0.123. The van der Waals surface area contributed by atoms with Crippen molar-refractivity contribution < 1.29 is 9.53 Å². The van der Waals surface area contributed by atoms with Crippen molar-refractivity contribution in [2.75, 3.05) is 39.9 Å². The van der Waals surface area contributed by atoms with E-state index in [0.29, 0.717) is 13.2 Å². The Labute approximate surface area is 163 Å². The summed E-state index contributed by atoms with van der Waals surface area (Å²) in [5.74, 6) is 0.992. The predicted molar refractivity (Wildman–Crippen MR) is 108 cm³/mol. The van der Waals surface area contributed by atoms with Crippen LogP contribution in [0, 0.1) is 11.3 Å². The molecule has 0 unspecified atom stereocenters.